The van der Waals surface area contributed by atoms with Gasteiger partial charge in [-0.1, -0.05) is 97.1 Å². The molecule has 0 saturated carbocycles. The first-order chi connectivity index (χ1) is 12.8. The first-order valence-corrected chi connectivity index (χ1v) is 10.4. The summed E-state index contributed by atoms with van der Waals surface area (Å²) in [5, 5.41) is 4.10. The van der Waals surface area contributed by atoms with Crippen molar-refractivity contribution in [2.45, 2.75) is 4.90 Å². The highest BCUT2D eigenvalue weighted by Crippen LogP contribution is 2.37. The maximum Gasteiger partial charge on any atom is 0.00461 e. The fraction of sp³-hybridized carbons (Fsp3) is 0. The number of thiol groups is 1. The van der Waals surface area contributed by atoms with Crippen LogP contribution in [0, 0.1) is 0 Å². The minimum Gasteiger partial charge on any atom is -0.143 e. The summed E-state index contributed by atoms with van der Waals surface area (Å²) in [5.74, 6) is 0. The van der Waals surface area contributed by atoms with E-state index in [1.54, 1.807) is 0 Å². The first-order valence-electron chi connectivity index (χ1n) is 8.61. The molecule has 0 aromatic heterocycles. The average Bonchev–Trinajstić information content (AvgIpc) is 2.70. The lowest BCUT2D eigenvalue weighted by molar-refractivity contribution is 1.47. The second-order valence-corrected chi connectivity index (χ2v) is 8.78. The standard InChI is InChI=1S/C24H19PS/c26-22-15-9-10-19(18-22)23-16-7-8-17-24(23)25(20-11-3-1-4-12-20)21-13-5-2-6-14-21/h1-18,26H. The molecular weight excluding hydrogens is 351 g/mol. The molecule has 4 aromatic carbocycles. The monoisotopic (exact) mass is 370 g/mol. The quantitative estimate of drug-likeness (QED) is 0.361. The fourth-order valence-electron chi connectivity index (χ4n) is 3.17. The van der Waals surface area contributed by atoms with Crippen molar-refractivity contribution in [3.8, 4) is 11.1 Å². The summed E-state index contributed by atoms with van der Waals surface area (Å²) in [5.41, 5.74) is 2.50. The maximum absolute atomic E-state index is 4.54. The summed E-state index contributed by atoms with van der Waals surface area (Å²) in [6.45, 7) is 0. The molecule has 0 bridgehead atoms. The van der Waals surface area contributed by atoms with Crippen molar-refractivity contribution in [1.82, 2.24) is 0 Å². The SMILES string of the molecule is Sc1cccc(-c2ccccc2P(c2ccccc2)c2ccccc2)c1. The van der Waals surface area contributed by atoms with Gasteiger partial charge in [0.2, 0.25) is 0 Å². The summed E-state index contributed by atoms with van der Waals surface area (Å²) < 4.78 is 0. The van der Waals surface area contributed by atoms with Gasteiger partial charge in [-0.15, -0.1) is 12.6 Å². The zero-order chi connectivity index (χ0) is 17.8. The summed E-state index contributed by atoms with van der Waals surface area (Å²) >= 11 is 4.54. The Bertz CT molecular complexity index is 957. The van der Waals surface area contributed by atoms with Crippen LogP contribution in [0.4, 0.5) is 0 Å². The number of rotatable bonds is 4. The largest absolute Gasteiger partial charge is 0.143 e. The third kappa shape index (κ3) is 3.60. The van der Waals surface area contributed by atoms with Gasteiger partial charge in [0.25, 0.3) is 0 Å². The fourth-order valence-corrected chi connectivity index (χ4v) is 5.87. The molecule has 4 rings (SSSR count). The molecule has 0 aliphatic carbocycles. The van der Waals surface area contributed by atoms with Crippen molar-refractivity contribution in [2.24, 2.45) is 0 Å². The van der Waals surface area contributed by atoms with E-state index in [1.165, 1.54) is 27.0 Å². The molecule has 26 heavy (non-hydrogen) atoms. The Hall–Kier alpha value is -2.34. The summed E-state index contributed by atoms with van der Waals surface area (Å²) in [7, 11) is -0.625. The predicted octanol–water partition coefficient (Wildman–Crippen LogP) is 5.40. The molecule has 0 atom stereocenters. The lowest BCUT2D eigenvalue weighted by Crippen LogP contribution is -2.22. The van der Waals surface area contributed by atoms with Gasteiger partial charge >= 0.3 is 0 Å². The van der Waals surface area contributed by atoms with Crippen LogP contribution in [0.15, 0.2) is 114 Å². The van der Waals surface area contributed by atoms with Crippen LogP contribution >= 0.6 is 20.6 Å². The third-order valence-electron chi connectivity index (χ3n) is 4.33. The summed E-state index contributed by atoms with van der Waals surface area (Å²) in [6, 6.07) is 38.8. The van der Waals surface area contributed by atoms with Crippen molar-refractivity contribution >= 4 is 36.5 Å². The van der Waals surface area contributed by atoms with E-state index in [1.807, 2.05) is 6.07 Å². The topological polar surface area (TPSA) is 0 Å². The number of hydrogen-bond acceptors (Lipinski definition) is 1. The van der Waals surface area contributed by atoms with Crippen molar-refractivity contribution < 1.29 is 0 Å². The molecule has 0 nitrogen and oxygen atoms in total. The normalized spacial score (nSPS) is 10.8. The minimum absolute atomic E-state index is 0.625. The Morgan fingerprint density at radius 1 is 0.538 bits per heavy atom. The van der Waals surface area contributed by atoms with Crippen LogP contribution in [0.5, 0.6) is 0 Å². The van der Waals surface area contributed by atoms with Gasteiger partial charge in [-0.2, -0.15) is 0 Å². The minimum atomic E-state index is -0.625. The Morgan fingerprint density at radius 3 is 1.73 bits per heavy atom. The van der Waals surface area contributed by atoms with Crippen LogP contribution in [0.3, 0.4) is 0 Å². The smallest absolute Gasteiger partial charge is 0.00461 e. The molecule has 0 radical (unpaired) electrons. The molecule has 4 aromatic rings. The highest BCUT2D eigenvalue weighted by Gasteiger charge is 2.19. The highest BCUT2D eigenvalue weighted by atomic mass is 32.1. The molecule has 0 fully saturated rings. The number of hydrogen-bond donors (Lipinski definition) is 1. The maximum atomic E-state index is 4.54. The Kier molecular flexibility index (Phi) is 5.20. The molecular formula is C24H19PS. The predicted molar refractivity (Wildman–Crippen MR) is 118 cm³/mol. The lowest BCUT2D eigenvalue weighted by Gasteiger charge is -2.22. The van der Waals surface area contributed by atoms with Crippen LogP contribution in [-0.4, -0.2) is 0 Å². The first kappa shape index (κ1) is 17.1. The van der Waals surface area contributed by atoms with E-state index in [4.69, 9.17) is 0 Å². The van der Waals surface area contributed by atoms with Crippen molar-refractivity contribution in [3.63, 3.8) is 0 Å². The van der Waals surface area contributed by atoms with Gasteiger partial charge in [-0.3, -0.25) is 0 Å². The molecule has 0 heterocycles. The molecule has 0 spiro atoms. The number of benzene rings is 4. The molecule has 0 aliphatic heterocycles. The van der Waals surface area contributed by atoms with Gasteiger partial charge in [-0.05, 0) is 47.1 Å². The van der Waals surface area contributed by atoms with Crippen LogP contribution in [0.2, 0.25) is 0 Å². The van der Waals surface area contributed by atoms with Gasteiger partial charge in [0, 0.05) is 4.90 Å². The second-order valence-electron chi connectivity index (χ2n) is 6.07. The molecule has 0 unspecified atom stereocenters. The van der Waals surface area contributed by atoms with Gasteiger partial charge in [0.05, 0.1) is 0 Å². The van der Waals surface area contributed by atoms with E-state index in [9.17, 15) is 0 Å². The van der Waals surface area contributed by atoms with E-state index in [0.717, 1.165) is 4.90 Å². The lowest BCUT2D eigenvalue weighted by atomic mass is 10.1. The Balaban J connectivity index is 1.93. The van der Waals surface area contributed by atoms with Crippen molar-refractivity contribution in [2.75, 3.05) is 0 Å². The summed E-state index contributed by atoms with van der Waals surface area (Å²) in [4.78, 5) is 0.987. The van der Waals surface area contributed by atoms with Crippen LogP contribution in [-0.2, 0) is 0 Å². The molecule has 126 valence electrons. The van der Waals surface area contributed by atoms with E-state index in [-0.39, 0.29) is 0 Å². The molecule has 0 N–H and O–H groups in total. The average molecular weight is 370 g/mol. The highest BCUT2D eigenvalue weighted by molar-refractivity contribution is 7.80. The van der Waals surface area contributed by atoms with Crippen molar-refractivity contribution in [3.05, 3.63) is 109 Å². The van der Waals surface area contributed by atoms with Gasteiger partial charge in [-0.25, -0.2) is 0 Å². The zero-order valence-corrected chi connectivity index (χ0v) is 16.1. The van der Waals surface area contributed by atoms with Crippen LogP contribution in [0.1, 0.15) is 0 Å². The van der Waals surface area contributed by atoms with Gasteiger partial charge < -0.3 is 0 Å². The summed E-state index contributed by atoms with van der Waals surface area (Å²) in [6.07, 6.45) is 0. The zero-order valence-electron chi connectivity index (χ0n) is 14.3. The Morgan fingerprint density at radius 2 is 1.12 bits per heavy atom. The van der Waals surface area contributed by atoms with E-state index < -0.39 is 7.92 Å². The van der Waals surface area contributed by atoms with E-state index in [2.05, 4.69) is 116 Å². The second kappa shape index (κ2) is 7.91. The van der Waals surface area contributed by atoms with Crippen LogP contribution < -0.4 is 15.9 Å². The van der Waals surface area contributed by atoms with E-state index in [0.29, 0.717) is 0 Å². The van der Waals surface area contributed by atoms with Crippen molar-refractivity contribution in [1.29, 1.82) is 0 Å². The van der Waals surface area contributed by atoms with Crippen LogP contribution in [0.25, 0.3) is 11.1 Å². The third-order valence-corrected chi connectivity index (χ3v) is 7.11. The molecule has 2 heteroatoms. The molecule has 0 saturated heterocycles. The van der Waals surface area contributed by atoms with Gasteiger partial charge in [0.15, 0.2) is 0 Å². The molecule has 0 aliphatic rings. The Labute approximate surface area is 161 Å². The molecule has 0 amide bonds. The van der Waals surface area contributed by atoms with Gasteiger partial charge in [0.1, 0.15) is 0 Å². The van der Waals surface area contributed by atoms with E-state index >= 15 is 0 Å².